The molecule has 20 heavy (non-hydrogen) atoms. The van der Waals surface area contributed by atoms with E-state index in [0.717, 1.165) is 0 Å². The lowest BCUT2D eigenvalue weighted by Gasteiger charge is -2.11. The minimum Gasteiger partial charge on any atom is -0.472 e. The molecular weight excluding hydrogens is 270 g/mol. The van der Waals surface area contributed by atoms with Gasteiger partial charge in [0.05, 0.1) is 0 Å². The van der Waals surface area contributed by atoms with E-state index in [-0.39, 0.29) is 24.3 Å². The number of amides is 1. The van der Waals surface area contributed by atoms with E-state index in [2.05, 4.69) is 10.3 Å². The van der Waals surface area contributed by atoms with Gasteiger partial charge in [0.15, 0.2) is 6.61 Å². The number of nitrogens with zero attached hydrogens (tertiary/aromatic N) is 1. The lowest BCUT2D eigenvalue weighted by Crippen LogP contribution is -2.28. The molecule has 1 aromatic rings. The lowest BCUT2D eigenvalue weighted by atomic mass is 10.1. The van der Waals surface area contributed by atoms with Crippen molar-refractivity contribution in [3.63, 3.8) is 0 Å². The number of carbonyl (C=O) groups is 1. The first kappa shape index (κ1) is 16.3. The summed E-state index contributed by atoms with van der Waals surface area (Å²) in [4.78, 5) is 15.6. The van der Waals surface area contributed by atoms with Crippen LogP contribution in [0.1, 0.15) is 23.7 Å². The summed E-state index contributed by atoms with van der Waals surface area (Å²) in [5.41, 5.74) is 0.292. The number of hydrogen-bond acceptors (Lipinski definition) is 4. The average Bonchev–Trinajstić information content (AvgIpc) is 2.43. The zero-order valence-electron chi connectivity index (χ0n) is 11.2. The monoisotopic (exact) mass is 288 g/mol. The van der Waals surface area contributed by atoms with Crippen LogP contribution in [0.4, 0.5) is 8.78 Å². The zero-order chi connectivity index (χ0) is 15.0. The third kappa shape index (κ3) is 5.92. The van der Waals surface area contributed by atoms with Gasteiger partial charge in [-0.15, -0.1) is 0 Å². The SMILES string of the molecule is CC(CCO)CNC(=O)c1ccnc(OCC(F)F)c1. The van der Waals surface area contributed by atoms with E-state index < -0.39 is 13.0 Å². The fourth-order valence-electron chi connectivity index (χ4n) is 1.47. The molecule has 0 spiro atoms. The number of aliphatic hydroxyl groups is 1. The van der Waals surface area contributed by atoms with Gasteiger partial charge >= 0.3 is 0 Å². The zero-order valence-corrected chi connectivity index (χ0v) is 11.2. The Balaban J connectivity index is 2.53. The van der Waals surface area contributed by atoms with Crippen molar-refractivity contribution in [2.75, 3.05) is 19.8 Å². The molecule has 1 heterocycles. The van der Waals surface area contributed by atoms with E-state index in [1.807, 2.05) is 6.92 Å². The fraction of sp³-hybridized carbons (Fsp3) is 0.538. The predicted molar refractivity (Wildman–Crippen MR) is 68.9 cm³/mol. The van der Waals surface area contributed by atoms with Gasteiger partial charge in [-0.3, -0.25) is 4.79 Å². The molecule has 1 amide bonds. The molecule has 7 heteroatoms. The van der Waals surface area contributed by atoms with Crippen LogP contribution in [-0.4, -0.2) is 42.2 Å². The lowest BCUT2D eigenvalue weighted by molar-refractivity contribution is 0.0794. The molecule has 1 rings (SSSR count). The number of aromatic nitrogens is 1. The number of hydrogen-bond donors (Lipinski definition) is 2. The summed E-state index contributed by atoms with van der Waals surface area (Å²) in [5, 5.41) is 11.5. The first-order chi connectivity index (χ1) is 9.52. The van der Waals surface area contributed by atoms with Gasteiger partial charge < -0.3 is 15.2 Å². The number of aliphatic hydroxyl groups excluding tert-OH is 1. The highest BCUT2D eigenvalue weighted by Gasteiger charge is 2.10. The van der Waals surface area contributed by atoms with E-state index in [9.17, 15) is 13.6 Å². The third-order valence-corrected chi connectivity index (χ3v) is 2.59. The molecule has 0 aromatic carbocycles. The Morgan fingerprint density at radius 2 is 2.30 bits per heavy atom. The van der Waals surface area contributed by atoms with Crippen molar-refractivity contribution < 1.29 is 23.4 Å². The van der Waals surface area contributed by atoms with Crippen molar-refractivity contribution in [2.24, 2.45) is 5.92 Å². The summed E-state index contributed by atoms with van der Waals surface area (Å²) in [6.07, 6.45) is -0.666. The van der Waals surface area contributed by atoms with Crippen LogP contribution < -0.4 is 10.1 Å². The van der Waals surface area contributed by atoms with Crippen LogP contribution in [0.2, 0.25) is 0 Å². The molecule has 0 aliphatic carbocycles. The second-order valence-corrected chi connectivity index (χ2v) is 4.41. The predicted octanol–water partition coefficient (Wildman–Crippen LogP) is 1.47. The largest absolute Gasteiger partial charge is 0.472 e. The number of rotatable bonds is 8. The molecule has 0 saturated heterocycles. The van der Waals surface area contributed by atoms with E-state index in [4.69, 9.17) is 9.84 Å². The number of nitrogens with one attached hydrogen (secondary N) is 1. The van der Waals surface area contributed by atoms with Gasteiger partial charge in [-0.1, -0.05) is 6.92 Å². The summed E-state index contributed by atoms with van der Waals surface area (Å²) in [5.74, 6) is -0.194. The standard InChI is InChI=1S/C13H18F2N2O3/c1-9(3-5-18)7-17-13(19)10-2-4-16-12(6-10)20-8-11(14)15/h2,4,6,9,11,18H,3,5,7-8H2,1H3,(H,17,19). The maximum absolute atomic E-state index is 12.0. The molecule has 5 nitrogen and oxygen atoms in total. The average molecular weight is 288 g/mol. The molecular formula is C13H18F2N2O3. The molecule has 0 fully saturated rings. The van der Waals surface area contributed by atoms with Crippen LogP contribution >= 0.6 is 0 Å². The Morgan fingerprint density at radius 1 is 1.55 bits per heavy atom. The van der Waals surface area contributed by atoms with Crippen LogP contribution in [-0.2, 0) is 0 Å². The molecule has 0 aliphatic heterocycles. The Hall–Kier alpha value is -1.76. The third-order valence-electron chi connectivity index (χ3n) is 2.59. The van der Waals surface area contributed by atoms with E-state index in [1.165, 1.54) is 18.3 Å². The smallest absolute Gasteiger partial charge is 0.272 e. The first-order valence-electron chi connectivity index (χ1n) is 6.29. The number of ether oxygens (including phenoxy) is 1. The number of pyridine rings is 1. The van der Waals surface area contributed by atoms with Crippen molar-refractivity contribution in [3.05, 3.63) is 23.9 Å². The Kier molecular flexibility index (Phi) is 6.86. The van der Waals surface area contributed by atoms with Crippen molar-refractivity contribution in [3.8, 4) is 5.88 Å². The van der Waals surface area contributed by atoms with Gasteiger partial charge in [0.2, 0.25) is 5.88 Å². The second kappa shape index (κ2) is 8.42. The quantitative estimate of drug-likeness (QED) is 0.760. The highest BCUT2D eigenvalue weighted by molar-refractivity contribution is 5.94. The van der Waals surface area contributed by atoms with Gasteiger partial charge in [-0.05, 0) is 18.4 Å². The molecule has 112 valence electrons. The minimum absolute atomic E-state index is 0.0126. The van der Waals surface area contributed by atoms with Crippen molar-refractivity contribution in [1.29, 1.82) is 0 Å². The van der Waals surface area contributed by atoms with Crippen molar-refractivity contribution in [1.82, 2.24) is 10.3 Å². The Morgan fingerprint density at radius 3 is 2.95 bits per heavy atom. The van der Waals surface area contributed by atoms with Gasteiger partial charge in [0, 0.05) is 31.0 Å². The molecule has 1 atom stereocenters. The van der Waals surface area contributed by atoms with E-state index >= 15 is 0 Å². The van der Waals surface area contributed by atoms with Crippen LogP contribution in [0.3, 0.4) is 0 Å². The molecule has 0 radical (unpaired) electrons. The van der Waals surface area contributed by atoms with Crippen LogP contribution in [0.15, 0.2) is 18.3 Å². The van der Waals surface area contributed by atoms with Crippen LogP contribution in [0.25, 0.3) is 0 Å². The molecule has 1 aromatic heterocycles. The summed E-state index contributed by atoms with van der Waals surface area (Å²) < 4.78 is 28.8. The van der Waals surface area contributed by atoms with Crippen molar-refractivity contribution >= 4 is 5.91 Å². The number of carbonyl (C=O) groups excluding carboxylic acids is 1. The highest BCUT2D eigenvalue weighted by atomic mass is 19.3. The molecule has 0 saturated carbocycles. The normalized spacial score (nSPS) is 12.2. The van der Waals surface area contributed by atoms with E-state index in [1.54, 1.807) is 0 Å². The summed E-state index contributed by atoms with van der Waals surface area (Å²) in [7, 11) is 0. The van der Waals surface area contributed by atoms with Crippen LogP contribution in [0, 0.1) is 5.92 Å². The molecule has 2 N–H and O–H groups in total. The topological polar surface area (TPSA) is 71.5 Å². The molecule has 1 unspecified atom stereocenters. The highest BCUT2D eigenvalue weighted by Crippen LogP contribution is 2.10. The summed E-state index contributed by atoms with van der Waals surface area (Å²) in [6, 6.07) is 2.79. The number of halogens is 2. The van der Waals surface area contributed by atoms with E-state index in [0.29, 0.717) is 18.5 Å². The van der Waals surface area contributed by atoms with Gasteiger partial charge in [0.1, 0.15) is 0 Å². The fourth-order valence-corrected chi connectivity index (χ4v) is 1.47. The first-order valence-corrected chi connectivity index (χ1v) is 6.29. The second-order valence-electron chi connectivity index (χ2n) is 4.41. The molecule has 0 aliphatic rings. The Bertz CT molecular complexity index is 430. The van der Waals surface area contributed by atoms with Gasteiger partial charge in [-0.25, -0.2) is 13.8 Å². The maximum atomic E-state index is 12.0. The summed E-state index contributed by atoms with van der Waals surface area (Å²) >= 11 is 0. The van der Waals surface area contributed by atoms with Gasteiger partial charge in [-0.2, -0.15) is 0 Å². The minimum atomic E-state index is -2.59. The number of alkyl halides is 2. The maximum Gasteiger partial charge on any atom is 0.272 e. The Labute approximate surface area is 116 Å². The molecule has 0 bridgehead atoms. The summed E-state index contributed by atoms with van der Waals surface area (Å²) in [6.45, 7) is 1.64. The van der Waals surface area contributed by atoms with Crippen LogP contribution in [0.5, 0.6) is 5.88 Å². The van der Waals surface area contributed by atoms with Gasteiger partial charge in [0.25, 0.3) is 12.3 Å². The van der Waals surface area contributed by atoms with Crippen molar-refractivity contribution in [2.45, 2.75) is 19.8 Å².